The van der Waals surface area contributed by atoms with Gasteiger partial charge in [-0.25, -0.2) is 4.79 Å². The number of fused-ring (bicyclic) bond motifs is 1. The standard InChI is InChI=1S/C19H25N3O3/c1-11(12-9-22(10-12)18(24)25-19(2,3)4)13-5-6-15(17(20)23)16-14(13)7-8-21-16/h5-8,11-12,21H,9-10H2,1-4H3,(H2,20,23)/t11-/m0/s1. The molecule has 1 aromatic heterocycles. The number of nitrogens with two attached hydrogens (primary N) is 1. The van der Waals surface area contributed by atoms with Crippen LogP contribution in [0.15, 0.2) is 24.4 Å². The second kappa shape index (κ2) is 6.10. The number of aromatic nitrogens is 1. The number of nitrogens with zero attached hydrogens (tertiary/aromatic N) is 1. The quantitative estimate of drug-likeness (QED) is 0.896. The smallest absolute Gasteiger partial charge is 0.410 e. The molecule has 1 atom stereocenters. The van der Waals surface area contributed by atoms with E-state index in [-0.39, 0.29) is 12.0 Å². The second-order valence-corrected chi connectivity index (χ2v) is 7.77. The van der Waals surface area contributed by atoms with Crippen molar-refractivity contribution in [3.63, 3.8) is 0 Å². The van der Waals surface area contributed by atoms with E-state index < -0.39 is 11.5 Å². The molecule has 1 fully saturated rings. The molecule has 25 heavy (non-hydrogen) atoms. The van der Waals surface area contributed by atoms with E-state index in [1.165, 1.54) is 0 Å². The second-order valence-electron chi connectivity index (χ2n) is 7.77. The van der Waals surface area contributed by atoms with Crippen molar-refractivity contribution in [3.8, 4) is 0 Å². The van der Waals surface area contributed by atoms with Crippen molar-refractivity contribution in [3.05, 3.63) is 35.5 Å². The van der Waals surface area contributed by atoms with Crippen molar-refractivity contribution in [1.82, 2.24) is 9.88 Å². The lowest BCUT2D eigenvalue weighted by molar-refractivity contribution is -0.00412. The summed E-state index contributed by atoms with van der Waals surface area (Å²) in [5.41, 5.74) is 7.41. The maximum absolute atomic E-state index is 12.1. The van der Waals surface area contributed by atoms with Gasteiger partial charge < -0.3 is 20.4 Å². The predicted molar refractivity (Wildman–Crippen MR) is 96.5 cm³/mol. The number of hydrogen-bond acceptors (Lipinski definition) is 3. The maximum Gasteiger partial charge on any atom is 0.410 e. The minimum Gasteiger partial charge on any atom is -0.444 e. The Morgan fingerprint density at radius 2 is 1.96 bits per heavy atom. The van der Waals surface area contributed by atoms with Gasteiger partial charge in [-0.2, -0.15) is 0 Å². The maximum atomic E-state index is 12.1. The zero-order chi connectivity index (χ0) is 18.4. The Labute approximate surface area is 147 Å². The Morgan fingerprint density at radius 1 is 1.28 bits per heavy atom. The molecule has 0 bridgehead atoms. The largest absolute Gasteiger partial charge is 0.444 e. The number of rotatable bonds is 3. The Hall–Kier alpha value is -2.50. The van der Waals surface area contributed by atoms with E-state index in [4.69, 9.17) is 10.5 Å². The number of likely N-dealkylation sites (tertiary alicyclic amines) is 1. The summed E-state index contributed by atoms with van der Waals surface area (Å²) >= 11 is 0. The Bertz CT molecular complexity index is 813. The van der Waals surface area contributed by atoms with Crippen LogP contribution in [0.2, 0.25) is 0 Å². The molecule has 1 aliphatic heterocycles. The SMILES string of the molecule is C[C@H](c1ccc(C(N)=O)c2[nH]ccc12)C1CN(C(=O)OC(C)(C)C)C1. The summed E-state index contributed by atoms with van der Waals surface area (Å²) < 4.78 is 5.41. The number of primary amides is 1. The fourth-order valence-electron chi connectivity index (χ4n) is 3.34. The van der Waals surface area contributed by atoms with Crippen LogP contribution in [0, 0.1) is 5.92 Å². The fourth-order valence-corrected chi connectivity index (χ4v) is 3.34. The van der Waals surface area contributed by atoms with Gasteiger partial charge in [-0.15, -0.1) is 0 Å². The van der Waals surface area contributed by atoms with Crippen molar-refractivity contribution in [1.29, 1.82) is 0 Å². The first-order valence-corrected chi connectivity index (χ1v) is 8.55. The van der Waals surface area contributed by atoms with Crippen LogP contribution in [-0.4, -0.2) is 40.6 Å². The molecule has 6 nitrogen and oxygen atoms in total. The third-order valence-corrected chi connectivity index (χ3v) is 4.78. The lowest BCUT2D eigenvalue weighted by Gasteiger charge is -2.43. The molecule has 0 aliphatic carbocycles. The highest BCUT2D eigenvalue weighted by Crippen LogP contribution is 2.36. The van der Waals surface area contributed by atoms with E-state index in [1.54, 1.807) is 11.0 Å². The summed E-state index contributed by atoms with van der Waals surface area (Å²) in [5.74, 6) is 0.190. The van der Waals surface area contributed by atoms with E-state index in [0.29, 0.717) is 24.6 Å². The lowest BCUT2D eigenvalue weighted by Crippen LogP contribution is -2.53. The number of nitrogens with one attached hydrogen (secondary N) is 1. The van der Waals surface area contributed by atoms with E-state index in [9.17, 15) is 9.59 Å². The van der Waals surface area contributed by atoms with Crippen LogP contribution < -0.4 is 5.73 Å². The van der Waals surface area contributed by atoms with Crippen LogP contribution in [0.1, 0.15) is 49.5 Å². The molecule has 2 amide bonds. The highest BCUT2D eigenvalue weighted by molar-refractivity contribution is 6.05. The Kier molecular flexibility index (Phi) is 4.22. The van der Waals surface area contributed by atoms with Crippen LogP contribution >= 0.6 is 0 Å². The normalized spacial score (nSPS) is 16.6. The summed E-state index contributed by atoms with van der Waals surface area (Å²) in [4.78, 5) is 28.5. The number of amides is 2. The van der Waals surface area contributed by atoms with Gasteiger partial charge >= 0.3 is 6.09 Å². The molecule has 2 heterocycles. The molecule has 134 valence electrons. The number of H-pyrrole nitrogens is 1. The van der Waals surface area contributed by atoms with Gasteiger partial charge in [0.1, 0.15) is 5.60 Å². The molecule has 0 saturated carbocycles. The average molecular weight is 343 g/mol. The molecule has 6 heteroatoms. The van der Waals surface area contributed by atoms with Gasteiger partial charge in [-0.1, -0.05) is 13.0 Å². The molecule has 0 spiro atoms. The molecule has 2 aromatic rings. The van der Waals surface area contributed by atoms with E-state index in [2.05, 4.69) is 11.9 Å². The zero-order valence-corrected chi connectivity index (χ0v) is 15.1. The first-order valence-electron chi connectivity index (χ1n) is 8.55. The van der Waals surface area contributed by atoms with E-state index >= 15 is 0 Å². The Morgan fingerprint density at radius 3 is 2.56 bits per heavy atom. The van der Waals surface area contributed by atoms with Crippen molar-refractivity contribution in [2.45, 2.75) is 39.2 Å². The highest BCUT2D eigenvalue weighted by atomic mass is 16.6. The predicted octanol–water partition coefficient (Wildman–Crippen LogP) is 3.24. The van der Waals surface area contributed by atoms with E-state index in [0.717, 1.165) is 16.5 Å². The number of benzene rings is 1. The lowest BCUT2D eigenvalue weighted by atomic mass is 9.81. The van der Waals surface area contributed by atoms with E-state index in [1.807, 2.05) is 39.1 Å². The minimum absolute atomic E-state index is 0.258. The summed E-state index contributed by atoms with van der Waals surface area (Å²) in [6.07, 6.45) is 1.56. The van der Waals surface area contributed by atoms with Crippen LogP contribution in [0.5, 0.6) is 0 Å². The van der Waals surface area contributed by atoms with Crippen molar-refractivity contribution in [2.75, 3.05) is 13.1 Å². The van der Waals surface area contributed by atoms with Crippen LogP contribution in [0.25, 0.3) is 10.9 Å². The van der Waals surface area contributed by atoms with Gasteiger partial charge in [0.15, 0.2) is 0 Å². The van der Waals surface area contributed by atoms with Gasteiger partial charge in [-0.05, 0) is 44.4 Å². The number of carbonyl (C=O) groups is 2. The number of carbonyl (C=O) groups excluding carboxylic acids is 2. The number of ether oxygens (including phenoxy) is 1. The fraction of sp³-hybridized carbons (Fsp3) is 0.474. The van der Waals surface area contributed by atoms with Gasteiger partial charge in [-0.3, -0.25) is 4.79 Å². The summed E-state index contributed by atoms with van der Waals surface area (Å²) in [6.45, 7) is 9.12. The van der Waals surface area contributed by atoms with Gasteiger partial charge in [0.25, 0.3) is 5.91 Å². The summed E-state index contributed by atoms with van der Waals surface area (Å²) in [7, 11) is 0. The highest BCUT2D eigenvalue weighted by Gasteiger charge is 2.37. The monoisotopic (exact) mass is 343 g/mol. The topological polar surface area (TPSA) is 88.4 Å². The number of hydrogen-bond donors (Lipinski definition) is 2. The summed E-state index contributed by atoms with van der Waals surface area (Å²) in [6, 6.07) is 5.71. The average Bonchev–Trinajstić information content (AvgIpc) is 2.91. The summed E-state index contributed by atoms with van der Waals surface area (Å²) in [5, 5.41) is 1.01. The van der Waals surface area contributed by atoms with Gasteiger partial charge in [0.05, 0.1) is 11.1 Å². The third kappa shape index (κ3) is 3.34. The molecule has 1 saturated heterocycles. The molecule has 0 unspecified atom stereocenters. The van der Waals surface area contributed by atoms with Crippen molar-refractivity contribution in [2.24, 2.45) is 11.7 Å². The molecule has 3 rings (SSSR count). The van der Waals surface area contributed by atoms with Crippen LogP contribution in [-0.2, 0) is 4.74 Å². The molecule has 3 N–H and O–H groups in total. The third-order valence-electron chi connectivity index (χ3n) is 4.78. The zero-order valence-electron chi connectivity index (χ0n) is 15.1. The molecular formula is C19H25N3O3. The van der Waals surface area contributed by atoms with Gasteiger partial charge in [0.2, 0.25) is 0 Å². The molecular weight excluding hydrogens is 318 g/mol. The Balaban J connectivity index is 1.74. The van der Waals surface area contributed by atoms with Crippen molar-refractivity contribution < 1.29 is 14.3 Å². The minimum atomic E-state index is -0.477. The molecule has 1 aliphatic rings. The van der Waals surface area contributed by atoms with Crippen LogP contribution in [0.4, 0.5) is 4.79 Å². The number of aromatic amines is 1. The molecule has 1 aromatic carbocycles. The first kappa shape index (κ1) is 17.3. The first-order chi connectivity index (χ1) is 11.7. The van der Waals surface area contributed by atoms with Gasteiger partial charge in [0, 0.05) is 30.6 Å². The molecule has 0 radical (unpaired) electrons. The van der Waals surface area contributed by atoms with Crippen molar-refractivity contribution >= 4 is 22.9 Å². The van der Waals surface area contributed by atoms with Crippen LogP contribution in [0.3, 0.4) is 0 Å².